The fourth-order valence-electron chi connectivity index (χ4n) is 1.25. The van der Waals surface area contributed by atoms with Crippen molar-refractivity contribution in [2.75, 3.05) is 0 Å². The van der Waals surface area contributed by atoms with Gasteiger partial charge >= 0.3 is 11.7 Å². The molecule has 1 aromatic heterocycles. The summed E-state index contributed by atoms with van der Waals surface area (Å²) in [5.74, 6) is -1.13. The molecule has 0 radical (unpaired) electrons. The summed E-state index contributed by atoms with van der Waals surface area (Å²) < 4.78 is 1.01. The molecule has 6 heteroatoms. The molecule has 0 fully saturated rings. The number of hydrogen-bond acceptors (Lipinski definition) is 3. The van der Waals surface area contributed by atoms with Crippen LogP contribution < -0.4 is 11.2 Å². The highest BCUT2D eigenvalue weighted by molar-refractivity contribution is 5.84. The van der Waals surface area contributed by atoms with Gasteiger partial charge in [-0.3, -0.25) is 9.36 Å². The molecule has 0 aromatic carbocycles. The minimum Gasteiger partial charge on any atom is -0.477 e. The van der Waals surface area contributed by atoms with Crippen LogP contribution in [-0.4, -0.2) is 20.6 Å². The molecule has 1 rings (SSSR count). The van der Waals surface area contributed by atoms with E-state index in [4.69, 9.17) is 5.11 Å². The summed E-state index contributed by atoms with van der Waals surface area (Å²) >= 11 is 0. The summed E-state index contributed by atoms with van der Waals surface area (Å²) in [6, 6.07) is 0.923. The number of rotatable bonds is 4. The molecular formula is C10H14N2O4. The molecule has 0 aliphatic carbocycles. The minimum absolute atomic E-state index is 0.189. The number of hydrogen-bond donors (Lipinski definition) is 2. The van der Waals surface area contributed by atoms with Gasteiger partial charge in [0, 0.05) is 12.6 Å². The average molecular weight is 226 g/mol. The Kier molecular flexibility index (Phi) is 3.65. The number of carboxylic acids is 1. The molecule has 2 N–H and O–H groups in total. The quantitative estimate of drug-likeness (QED) is 0.771. The molecule has 0 amide bonds. The van der Waals surface area contributed by atoms with Crippen molar-refractivity contribution < 1.29 is 9.90 Å². The predicted octanol–water partition coefficient (Wildman–Crippen LogP) is 0.281. The van der Waals surface area contributed by atoms with E-state index in [9.17, 15) is 14.4 Å². The van der Waals surface area contributed by atoms with Crippen LogP contribution in [0.3, 0.4) is 0 Å². The summed E-state index contributed by atoms with van der Waals surface area (Å²) in [5, 5.41) is 8.63. The Hall–Kier alpha value is -1.85. The van der Waals surface area contributed by atoms with Crippen molar-refractivity contribution in [1.82, 2.24) is 9.55 Å². The Morgan fingerprint density at radius 1 is 1.56 bits per heavy atom. The molecule has 0 saturated heterocycles. The predicted molar refractivity (Wildman–Crippen MR) is 57.7 cm³/mol. The maximum atomic E-state index is 11.5. The van der Waals surface area contributed by atoms with Crippen LogP contribution in [0.1, 0.15) is 30.8 Å². The van der Waals surface area contributed by atoms with Crippen LogP contribution in [0, 0.1) is 5.92 Å². The van der Waals surface area contributed by atoms with E-state index in [1.807, 2.05) is 13.8 Å². The lowest BCUT2D eigenvalue weighted by atomic mass is 10.1. The van der Waals surface area contributed by atoms with E-state index in [-0.39, 0.29) is 11.6 Å². The van der Waals surface area contributed by atoms with E-state index < -0.39 is 17.2 Å². The number of carbonyl (C=O) groups is 1. The average Bonchev–Trinajstić information content (AvgIpc) is 2.22. The van der Waals surface area contributed by atoms with Crippen LogP contribution in [0.25, 0.3) is 0 Å². The number of aromatic amines is 1. The minimum atomic E-state index is -1.31. The summed E-state index contributed by atoms with van der Waals surface area (Å²) in [5.41, 5.74) is -1.64. The Bertz CT molecular complexity index is 469. The summed E-state index contributed by atoms with van der Waals surface area (Å²) in [7, 11) is 0. The molecule has 6 nitrogen and oxygen atoms in total. The molecule has 1 unspecified atom stereocenters. The molecule has 1 heterocycles. The van der Waals surface area contributed by atoms with E-state index in [1.54, 1.807) is 0 Å². The summed E-state index contributed by atoms with van der Waals surface area (Å²) in [4.78, 5) is 35.7. The largest absolute Gasteiger partial charge is 0.477 e. The SMILES string of the molecule is CCC(C)Cn1c(=O)cc(C(=O)O)[nH]c1=O. The number of aromatic nitrogens is 2. The van der Waals surface area contributed by atoms with Gasteiger partial charge in [0.2, 0.25) is 0 Å². The molecule has 0 saturated carbocycles. The molecule has 0 aliphatic heterocycles. The zero-order valence-corrected chi connectivity index (χ0v) is 9.19. The molecule has 0 aliphatic rings. The number of H-pyrrole nitrogens is 1. The number of carboxylic acid groups (broad SMARTS) is 1. The molecular weight excluding hydrogens is 212 g/mol. The highest BCUT2D eigenvalue weighted by Crippen LogP contribution is 2.01. The first kappa shape index (κ1) is 12.2. The van der Waals surface area contributed by atoms with Gasteiger partial charge in [-0.1, -0.05) is 20.3 Å². The van der Waals surface area contributed by atoms with Gasteiger partial charge in [-0.25, -0.2) is 9.59 Å². The maximum Gasteiger partial charge on any atom is 0.352 e. The topological polar surface area (TPSA) is 92.2 Å². The molecule has 0 bridgehead atoms. The standard InChI is InChI=1S/C10H14N2O4/c1-3-6(2)5-12-8(13)4-7(9(14)15)11-10(12)16/h4,6H,3,5H2,1-2H3,(H,11,16)(H,14,15). The number of nitrogens with zero attached hydrogens (tertiary/aromatic N) is 1. The van der Waals surface area contributed by atoms with Gasteiger partial charge in [-0.15, -0.1) is 0 Å². The first-order chi connectivity index (χ1) is 7.45. The second-order valence-corrected chi connectivity index (χ2v) is 3.76. The van der Waals surface area contributed by atoms with Crippen molar-refractivity contribution in [2.45, 2.75) is 26.8 Å². The van der Waals surface area contributed by atoms with E-state index in [1.165, 1.54) is 0 Å². The van der Waals surface area contributed by atoms with Crippen LogP contribution in [0.4, 0.5) is 0 Å². The molecule has 0 spiro atoms. The molecule has 1 aromatic rings. The van der Waals surface area contributed by atoms with Crippen LogP contribution in [-0.2, 0) is 6.54 Å². The Balaban J connectivity index is 3.19. The van der Waals surface area contributed by atoms with Crippen molar-refractivity contribution in [3.05, 3.63) is 32.6 Å². The van der Waals surface area contributed by atoms with Crippen molar-refractivity contribution in [1.29, 1.82) is 0 Å². The van der Waals surface area contributed by atoms with Gasteiger partial charge in [0.1, 0.15) is 5.69 Å². The third kappa shape index (κ3) is 2.59. The van der Waals surface area contributed by atoms with E-state index >= 15 is 0 Å². The van der Waals surface area contributed by atoms with Crippen molar-refractivity contribution in [3.8, 4) is 0 Å². The molecule has 16 heavy (non-hydrogen) atoms. The fourth-order valence-corrected chi connectivity index (χ4v) is 1.25. The van der Waals surface area contributed by atoms with Crippen LogP contribution >= 0.6 is 0 Å². The fraction of sp³-hybridized carbons (Fsp3) is 0.500. The first-order valence-electron chi connectivity index (χ1n) is 5.03. The van der Waals surface area contributed by atoms with Gasteiger partial charge in [-0.2, -0.15) is 0 Å². The highest BCUT2D eigenvalue weighted by atomic mass is 16.4. The second kappa shape index (κ2) is 4.78. The third-order valence-corrected chi connectivity index (χ3v) is 2.44. The number of nitrogens with one attached hydrogen (secondary N) is 1. The third-order valence-electron chi connectivity index (χ3n) is 2.44. The lowest BCUT2D eigenvalue weighted by Crippen LogP contribution is -2.37. The maximum absolute atomic E-state index is 11.5. The van der Waals surface area contributed by atoms with Gasteiger partial charge < -0.3 is 10.1 Å². The zero-order chi connectivity index (χ0) is 12.3. The van der Waals surface area contributed by atoms with Crippen molar-refractivity contribution in [2.24, 2.45) is 5.92 Å². The summed E-state index contributed by atoms with van der Waals surface area (Å²) in [6.07, 6.45) is 0.840. The van der Waals surface area contributed by atoms with Crippen molar-refractivity contribution >= 4 is 5.97 Å². The first-order valence-corrected chi connectivity index (χ1v) is 5.03. The molecule has 88 valence electrons. The highest BCUT2D eigenvalue weighted by Gasteiger charge is 2.10. The Morgan fingerprint density at radius 2 is 2.19 bits per heavy atom. The summed E-state index contributed by atoms with van der Waals surface area (Å²) in [6.45, 7) is 4.16. The monoisotopic (exact) mass is 226 g/mol. The van der Waals surface area contributed by atoms with E-state index in [0.29, 0.717) is 6.54 Å². The Morgan fingerprint density at radius 3 is 2.62 bits per heavy atom. The second-order valence-electron chi connectivity index (χ2n) is 3.76. The van der Waals surface area contributed by atoms with Gasteiger partial charge in [-0.05, 0) is 5.92 Å². The van der Waals surface area contributed by atoms with Crippen LogP contribution in [0.2, 0.25) is 0 Å². The smallest absolute Gasteiger partial charge is 0.352 e. The van der Waals surface area contributed by atoms with Crippen LogP contribution in [0.5, 0.6) is 0 Å². The Labute approximate surface area is 91.5 Å². The van der Waals surface area contributed by atoms with E-state index in [2.05, 4.69) is 4.98 Å². The normalized spacial score (nSPS) is 12.4. The lowest BCUT2D eigenvalue weighted by Gasteiger charge is -2.09. The van der Waals surface area contributed by atoms with Gasteiger partial charge in [0.15, 0.2) is 0 Å². The van der Waals surface area contributed by atoms with Crippen molar-refractivity contribution in [3.63, 3.8) is 0 Å². The molecule has 1 atom stereocenters. The van der Waals surface area contributed by atoms with Gasteiger partial charge in [0.05, 0.1) is 0 Å². The lowest BCUT2D eigenvalue weighted by molar-refractivity contribution is 0.0689. The van der Waals surface area contributed by atoms with E-state index in [0.717, 1.165) is 17.1 Å². The van der Waals surface area contributed by atoms with Crippen LogP contribution in [0.15, 0.2) is 15.7 Å². The number of aromatic carboxylic acids is 1. The van der Waals surface area contributed by atoms with Gasteiger partial charge in [0.25, 0.3) is 5.56 Å². The zero-order valence-electron chi connectivity index (χ0n) is 9.19.